The first-order valence-corrected chi connectivity index (χ1v) is 10.7. The van der Waals surface area contributed by atoms with Gasteiger partial charge in [-0.1, -0.05) is 29.8 Å². The molecule has 2 nitrogen and oxygen atoms in total. The van der Waals surface area contributed by atoms with Crippen molar-refractivity contribution in [1.29, 1.82) is 0 Å². The summed E-state index contributed by atoms with van der Waals surface area (Å²) in [4.78, 5) is 30.2. The molecule has 5 rings (SSSR count). The van der Waals surface area contributed by atoms with Crippen LogP contribution in [0.5, 0.6) is 0 Å². The predicted octanol–water partition coefficient (Wildman–Crippen LogP) is 6.81. The van der Waals surface area contributed by atoms with Crippen LogP contribution >= 0.6 is 22.7 Å². The van der Waals surface area contributed by atoms with E-state index >= 15 is 0 Å². The van der Waals surface area contributed by atoms with E-state index in [1.54, 1.807) is 28.7 Å². The molecule has 0 radical (unpaired) electrons. The van der Waals surface area contributed by atoms with Gasteiger partial charge in [0.1, 0.15) is 0 Å². The van der Waals surface area contributed by atoms with Gasteiger partial charge in [0, 0.05) is 30.6 Å². The Hall–Kier alpha value is -2.82. The number of carbonyl (C=O) groups excluding carboxylic acids is 2. The second-order valence-electron chi connectivity index (χ2n) is 7.04. The molecule has 4 heteroatoms. The quantitative estimate of drug-likeness (QED) is 0.347. The molecule has 1 aliphatic rings. The van der Waals surface area contributed by atoms with Crippen molar-refractivity contribution in [2.45, 2.75) is 13.8 Å². The molecule has 28 heavy (non-hydrogen) atoms. The third-order valence-corrected chi connectivity index (χ3v) is 7.38. The predicted molar refractivity (Wildman–Crippen MR) is 117 cm³/mol. The van der Waals surface area contributed by atoms with E-state index in [9.17, 15) is 9.59 Å². The number of Topliss-reactive ketones (excluding diaryl/α,β-unsaturated/α-hetero) is 2. The Morgan fingerprint density at radius 1 is 0.571 bits per heavy atom. The number of fused-ring (bicyclic) bond motifs is 3. The van der Waals surface area contributed by atoms with E-state index in [-0.39, 0.29) is 0 Å². The van der Waals surface area contributed by atoms with Gasteiger partial charge in [-0.25, -0.2) is 0 Å². The zero-order chi connectivity index (χ0) is 19.4. The molecule has 0 saturated heterocycles. The van der Waals surface area contributed by atoms with Gasteiger partial charge in [-0.05, 0) is 66.9 Å². The zero-order valence-electron chi connectivity index (χ0n) is 15.4. The molecule has 0 unspecified atom stereocenters. The fraction of sp³-hybridized carbons (Fsp3) is 0.0833. The maximum Gasteiger partial charge on any atom is 0.234 e. The molecule has 2 heterocycles. The first kappa shape index (κ1) is 17.3. The first-order valence-electron chi connectivity index (χ1n) is 9.02. The molecular weight excluding hydrogens is 384 g/mol. The van der Waals surface area contributed by atoms with Crippen molar-refractivity contribution in [3.63, 3.8) is 0 Å². The Labute approximate surface area is 171 Å². The van der Waals surface area contributed by atoms with Gasteiger partial charge in [0.25, 0.3) is 0 Å². The lowest BCUT2D eigenvalue weighted by Crippen LogP contribution is -2.21. The number of thiophene rings is 2. The molecule has 1 aliphatic carbocycles. The van der Waals surface area contributed by atoms with Crippen molar-refractivity contribution < 1.29 is 9.59 Å². The summed E-state index contributed by atoms with van der Waals surface area (Å²) in [7, 11) is 0. The zero-order valence-corrected chi connectivity index (χ0v) is 17.0. The summed E-state index contributed by atoms with van der Waals surface area (Å²) in [6, 6.07) is 20.1. The molecule has 0 atom stereocenters. The van der Waals surface area contributed by atoms with Gasteiger partial charge in [-0.2, -0.15) is 0 Å². The highest BCUT2D eigenvalue weighted by atomic mass is 32.1. The van der Waals surface area contributed by atoms with Crippen molar-refractivity contribution in [3.8, 4) is 31.3 Å². The molecule has 0 N–H and O–H groups in total. The van der Waals surface area contributed by atoms with Crippen LogP contribution < -0.4 is 0 Å². The highest BCUT2D eigenvalue weighted by Gasteiger charge is 2.30. The molecular formula is C24H16O2S2. The van der Waals surface area contributed by atoms with Crippen LogP contribution in [-0.2, 0) is 0 Å². The van der Waals surface area contributed by atoms with Gasteiger partial charge in [-0.15, -0.1) is 22.7 Å². The van der Waals surface area contributed by atoms with E-state index in [2.05, 4.69) is 31.2 Å². The summed E-state index contributed by atoms with van der Waals surface area (Å²) in [5.74, 6) is -0.829. The summed E-state index contributed by atoms with van der Waals surface area (Å²) in [5.41, 5.74) is 4.65. The number of rotatable bonds is 2. The highest BCUT2D eigenvalue weighted by Crippen LogP contribution is 2.40. The van der Waals surface area contributed by atoms with Gasteiger partial charge in [-0.3, -0.25) is 9.59 Å². The van der Waals surface area contributed by atoms with Gasteiger partial charge in [0.05, 0.1) is 0 Å². The number of hydrogen-bond donors (Lipinski definition) is 0. The largest absolute Gasteiger partial charge is 0.285 e. The molecule has 0 aliphatic heterocycles. The van der Waals surface area contributed by atoms with Crippen LogP contribution in [0.2, 0.25) is 0 Å². The van der Waals surface area contributed by atoms with Gasteiger partial charge in [0.2, 0.25) is 11.6 Å². The summed E-state index contributed by atoms with van der Waals surface area (Å²) >= 11 is 3.48. The summed E-state index contributed by atoms with van der Waals surface area (Å²) in [6.07, 6.45) is 0. The van der Waals surface area contributed by atoms with Gasteiger partial charge >= 0.3 is 0 Å². The normalized spacial score (nSPS) is 12.8. The van der Waals surface area contributed by atoms with E-state index in [0.717, 1.165) is 27.1 Å². The van der Waals surface area contributed by atoms with E-state index in [4.69, 9.17) is 0 Å². The highest BCUT2D eigenvalue weighted by molar-refractivity contribution is 7.23. The summed E-state index contributed by atoms with van der Waals surface area (Å²) < 4.78 is 0. The second kappa shape index (κ2) is 6.36. The van der Waals surface area contributed by atoms with Crippen LogP contribution in [0.4, 0.5) is 0 Å². The van der Waals surface area contributed by atoms with Crippen LogP contribution in [0.1, 0.15) is 31.2 Å². The number of aryl methyl sites for hydroxylation is 2. The lowest BCUT2D eigenvalue weighted by molar-refractivity contribution is 0.0815. The monoisotopic (exact) mass is 400 g/mol. The molecule has 0 fully saturated rings. The minimum absolute atomic E-state index is 0.413. The molecule has 0 saturated carbocycles. The molecule has 136 valence electrons. The Bertz CT molecular complexity index is 1270. The second-order valence-corrected chi connectivity index (χ2v) is 9.41. The molecule has 0 amide bonds. The van der Waals surface area contributed by atoms with Crippen molar-refractivity contribution in [1.82, 2.24) is 0 Å². The van der Waals surface area contributed by atoms with Gasteiger partial charge < -0.3 is 0 Å². The van der Waals surface area contributed by atoms with E-state index in [0.29, 0.717) is 11.1 Å². The van der Waals surface area contributed by atoms with Crippen LogP contribution in [0, 0.1) is 13.8 Å². The van der Waals surface area contributed by atoms with Crippen LogP contribution in [-0.4, -0.2) is 11.6 Å². The van der Waals surface area contributed by atoms with Gasteiger partial charge in [0.15, 0.2) is 0 Å². The average Bonchev–Trinajstić information content (AvgIpc) is 3.35. The Kier molecular flexibility index (Phi) is 3.93. The summed E-state index contributed by atoms with van der Waals surface area (Å²) in [5, 5.41) is 0. The number of ketones is 2. The first-order chi connectivity index (χ1) is 13.5. The molecule has 0 spiro atoms. The minimum Gasteiger partial charge on any atom is -0.285 e. The molecule has 2 aromatic carbocycles. The Balaban J connectivity index is 1.60. The SMILES string of the molecule is Cc1ccc2c(c1)C(=O)C(=O)c1cc(-c3ccc(-c4ccc(C)s4)s3)ccc1-2. The Morgan fingerprint density at radius 2 is 1.18 bits per heavy atom. The lowest BCUT2D eigenvalue weighted by Gasteiger charge is -2.19. The van der Waals surface area contributed by atoms with E-state index in [1.807, 2.05) is 37.3 Å². The van der Waals surface area contributed by atoms with Crippen molar-refractivity contribution >= 4 is 34.2 Å². The molecule has 4 aromatic rings. The minimum atomic E-state index is -0.416. The summed E-state index contributed by atoms with van der Waals surface area (Å²) in [6.45, 7) is 4.04. The van der Waals surface area contributed by atoms with Crippen LogP contribution in [0.3, 0.4) is 0 Å². The standard InChI is InChI=1S/C24H16O2S2/c1-13-3-6-16-17-7-5-15(12-19(17)24(26)23(25)18(16)11-13)20-9-10-22(28-20)21-8-4-14(2)27-21/h3-12H,1-2H3. The van der Waals surface area contributed by atoms with Crippen molar-refractivity contribution in [3.05, 3.63) is 82.2 Å². The number of hydrogen-bond acceptors (Lipinski definition) is 4. The van der Waals surface area contributed by atoms with Crippen LogP contribution in [0.25, 0.3) is 31.3 Å². The molecule has 2 aromatic heterocycles. The average molecular weight is 401 g/mol. The third kappa shape index (κ3) is 2.68. The number of benzene rings is 2. The Morgan fingerprint density at radius 3 is 1.89 bits per heavy atom. The fourth-order valence-corrected chi connectivity index (χ4v) is 5.60. The molecule has 0 bridgehead atoms. The third-order valence-electron chi connectivity index (χ3n) is 5.05. The van der Waals surface area contributed by atoms with E-state index < -0.39 is 11.6 Å². The topological polar surface area (TPSA) is 34.1 Å². The van der Waals surface area contributed by atoms with Crippen LogP contribution in [0.15, 0.2) is 60.7 Å². The van der Waals surface area contributed by atoms with Crippen molar-refractivity contribution in [2.24, 2.45) is 0 Å². The van der Waals surface area contributed by atoms with Crippen molar-refractivity contribution in [2.75, 3.05) is 0 Å². The fourth-order valence-electron chi connectivity index (χ4n) is 3.64. The lowest BCUT2D eigenvalue weighted by atomic mass is 9.82. The smallest absolute Gasteiger partial charge is 0.234 e. The maximum absolute atomic E-state index is 12.8. The maximum atomic E-state index is 12.8. The van der Waals surface area contributed by atoms with E-state index in [1.165, 1.54) is 14.6 Å². The number of carbonyl (C=O) groups is 2.